The first kappa shape index (κ1) is 17.5. The topological polar surface area (TPSA) is 121 Å². The van der Waals surface area contributed by atoms with Gasteiger partial charge in [-0.25, -0.2) is 0 Å². The first-order valence-corrected chi connectivity index (χ1v) is 11.2. The number of hydrogen-bond acceptors (Lipinski definition) is 7. The minimum atomic E-state index is -1.18. The first-order valence-electron chi connectivity index (χ1n) is 9.45. The Kier molecular flexibility index (Phi) is 3.54. The predicted molar refractivity (Wildman–Crippen MR) is 102 cm³/mol. The number of carboxylic acid groups (broad SMARTS) is 1. The lowest BCUT2D eigenvalue weighted by Crippen LogP contribution is -2.42. The van der Waals surface area contributed by atoms with E-state index in [9.17, 15) is 19.2 Å². The van der Waals surface area contributed by atoms with E-state index in [1.165, 1.54) is 11.3 Å². The molecule has 0 unspecified atom stereocenters. The number of likely N-dealkylation sites (tertiary alicyclic amines) is 1. The number of imide groups is 1. The van der Waals surface area contributed by atoms with Gasteiger partial charge >= 0.3 is 10.8 Å². The third-order valence-corrected chi connectivity index (χ3v) is 9.55. The summed E-state index contributed by atoms with van der Waals surface area (Å²) in [6.07, 6.45) is 2.38. The van der Waals surface area contributed by atoms with Crippen molar-refractivity contribution in [3.8, 4) is 0 Å². The minimum Gasteiger partial charge on any atom is -0.480 e. The quantitative estimate of drug-likeness (QED) is 0.707. The molecule has 2 amide bonds. The van der Waals surface area contributed by atoms with Gasteiger partial charge in [0.1, 0.15) is 12.3 Å². The smallest absolute Gasteiger partial charge is 0.323 e. The van der Waals surface area contributed by atoms with Crippen molar-refractivity contribution in [2.45, 2.75) is 22.6 Å². The SMILES string of the molecule is O=C(O)CN1C(=O)[C@H]2[C@@H]3C[C@@H]([C@@H]2C1=O)[C@@H]1[C@@H](c2ccco2)c2sc(=O)[nH]c2S[C@H]31. The Morgan fingerprint density at radius 1 is 1.24 bits per heavy atom. The molecule has 150 valence electrons. The maximum absolute atomic E-state index is 13.0. The Labute approximate surface area is 172 Å². The second-order valence-electron chi connectivity index (χ2n) is 8.13. The number of carbonyl (C=O) groups excluding carboxylic acids is 2. The Morgan fingerprint density at radius 3 is 2.69 bits per heavy atom. The van der Waals surface area contributed by atoms with E-state index in [-0.39, 0.29) is 45.6 Å². The number of nitrogens with one attached hydrogen (secondary N) is 1. The van der Waals surface area contributed by atoms with Gasteiger partial charge in [-0.1, -0.05) is 11.3 Å². The molecule has 4 aliphatic rings. The van der Waals surface area contributed by atoms with Gasteiger partial charge in [0.2, 0.25) is 11.8 Å². The Bertz CT molecular complexity index is 1100. The molecule has 2 aliphatic heterocycles. The molecule has 6 rings (SSSR count). The maximum atomic E-state index is 13.0. The van der Waals surface area contributed by atoms with Crippen molar-refractivity contribution in [3.05, 3.63) is 38.7 Å². The summed E-state index contributed by atoms with van der Waals surface area (Å²) >= 11 is 2.77. The lowest BCUT2D eigenvalue weighted by atomic mass is 9.69. The summed E-state index contributed by atoms with van der Waals surface area (Å²) in [4.78, 5) is 53.8. The number of amides is 2. The van der Waals surface area contributed by atoms with Crippen molar-refractivity contribution < 1.29 is 23.9 Å². The molecule has 2 bridgehead atoms. The molecular formula is C19H16N2O6S2. The highest BCUT2D eigenvalue weighted by molar-refractivity contribution is 8.00. The number of H-pyrrole nitrogens is 1. The molecular weight excluding hydrogens is 416 g/mol. The van der Waals surface area contributed by atoms with Gasteiger partial charge in [0.15, 0.2) is 0 Å². The van der Waals surface area contributed by atoms with E-state index >= 15 is 0 Å². The van der Waals surface area contributed by atoms with Gasteiger partial charge in [-0.15, -0.1) is 11.8 Å². The second kappa shape index (κ2) is 5.85. The number of thiazole rings is 1. The number of carboxylic acids is 1. The number of thioether (sulfide) groups is 1. The fourth-order valence-electron chi connectivity index (χ4n) is 6.16. The highest BCUT2D eigenvalue weighted by atomic mass is 32.2. The van der Waals surface area contributed by atoms with E-state index in [0.29, 0.717) is 0 Å². The number of aromatic amines is 1. The second-order valence-corrected chi connectivity index (χ2v) is 10.3. The standard InChI is InChI=1S/C19H16N2O6S2/c22-9(23)5-21-17(24)11-6-4-7(12(11)18(21)25)14-10(6)13(8-2-1-3-27-8)15-16(28-14)20-19(26)29-15/h1-3,6-7,10-14H,4-5H2,(H,20,26)(H,22,23)/t6-,7+,10-,11+,12+,13-,14-/m1/s1. The maximum Gasteiger partial charge on any atom is 0.323 e. The van der Waals surface area contributed by atoms with Crippen molar-refractivity contribution in [2.24, 2.45) is 29.6 Å². The average Bonchev–Trinajstić information content (AvgIpc) is 3.45. The Balaban J connectivity index is 1.45. The van der Waals surface area contributed by atoms with Crippen LogP contribution in [0.1, 0.15) is 23.0 Å². The fourth-order valence-corrected chi connectivity index (χ4v) is 9.03. The van der Waals surface area contributed by atoms with Gasteiger partial charge < -0.3 is 14.5 Å². The summed E-state index contributed by atoms with van der Waals surface area (Å²) in [6.45, 7) is -0.575. The zero-order valence-corrected chi connectivity index (χ0v) is 16.6. The van der Waals surface area contributed by atoms with Crippen LogP contribution in [0.25, 0.3) is 0 Å². The summed E-state index contributed by atoms with van der Waals surface area (Å²) < 4.78 is 5.73. The molecule has 2 saturated carbocycles. The van der Waals surface area contributed by atoms with Gasteiger partial charge in [0, 0.05) is 5.25 Å². The normalized spacial score (nSPS) is 37.0. The number of hydrogen-bond donors (Lipinski definition) is 2. The molecule has 4 heterocycles. The van der Waals surface area contributed by atoms with Crippen LogP contribution in [0.3, 0.4) is 0 Å². The number of aliphatic carboxylic acids is 1. The molecule has 2 aromatic rings. The van der Waals surface area contributed by atoms with E-state index in [1.807, 2.05) is 12.1 Å². The van der Waals surface area contributed by atoms with Gasteiger partial charge in [-0.3, -0.25) is 24.1 Å². The molecule has 1 saturated heterocycles. The Hall–Kier alpha value is -2.33. The fraction of sp³-hybridized carbons (Fsp3) is 0.474. The van der Waals surface area contributed by atoms with E-state index in [0.717, 1.165) is 27.0 Å². The van der Waals surface area contributed by atoms with E-state index in [2.05, 4.69) is 4.98 Å². The zero-order valence-electron chi connectivity index (χ0n) is 14.9. The molecule has 7 atom stereocenters. The summed E-state index contributed by atoms with van der Waals surface area (Å²) in [5.41, 5.74) is 0. The third kappa shape index (κ3) is 2.21. The van der Waals surface area contributed by atoms with Crippen LogP contribution in [0.5, 0.6) is 0 Å². The first-order chi connectivity index (χ1) is 14.0. The van der Waals surface area contributed by atoms with Crippen LogP contribution in [0, 0.1) is 29.6 Å². The van der Waals surface area contributed by atoms with Gasteiger partial charge in [0.25, 0.3) is 0 Å². The third-order valence-electron chi connectivity index (χ3n) is 6.96. The average molecular weight is 432 g/mol. The van der Waals surface area contributed by atoms with Crippen LogP contribution < -0.4 is 4.87 Å². The number of carbonyl (C=O) groups is 3. The minimum absolute atomic E-state index is 0.00995. The van der Waals surface area contributed by atoms with E-state index in [1.54, 1.807) is 18.0 Å². The molecule has 2 aliphatic carbocycles. The molecule has 0 radical (unpaired) electrons. The van der Waals surface area contributed by atoms with Crippen LogP contribution in [0.4, 0.5) is 0 Å². The van der Waals surface area contributed by atoms with Crippen LogP contribution in [-0.2, 0) is 14.4 Å². The van der Waals surface area contributed by atoms with Crippen molar-refractivity contribution in [3.63, 3.8) is 0 Å². The van der Waals surface area contributed by atoms with Gasteiger partial charge in [0.05, 0.1) is 33.9 Å². The summed E-state index contributed by atoms with van der Waals surface area (Å²) in [5, 5.41) is 10.0. The number of fused-ring (bicyclic) bond motifs is 9. The summed E-state index contributed by atoms with van der Waals surface area (Å²) in [7, 11) is 0. The summed E-state index contributed by atoms with van der Waals surface area (Å²) in [5.74, 6) is -2.16. The predicted octanol–water partition coefficient (Wildman–Crippen LogP) is 1.59. The van der Waals surface area contributed by atoms with Crippen molar-refractivity contribution >= 4 is 40.9 Å². The van der Waals surface area contributed by atoms with Crippen molar-refractivity contribution in [1.29, 1.82) is 0 Å². The van der Waals surface area contributed by atoms with Crippen molar-refractivity contribution in [1.82, 2.24) is 9.88 Å². The molecule has 8 nitrogen and oxygen atoms in total. The molecule has 2 N–H and O–H groups in total. The Morgan fingerprint density at radius 2 is 2.00 bits per heavy atom. The van der Waals surface area contributed by atoms with Crippen molar-refractivity contribution in [2.75, 3.05) is 6.54 Å². The lowest BCUT2D eigenvalue weighted by molar-refractivity contribution is -0.149. The van der Waals surface area contributed by atoms with Crippen LogP contribution >= 0.6 is 23.1 Å². The van der Waals surface area contributed by atoms with E-state index < -0.39 is 24.3 Å². The number of nitrogens with zero attached hydrogens (tertiary/aromatic N) is 1. The molecule has 3 fully saturated rings. The number of aromatic nitrogens is 1. The van der Waals surface area contributed by atoms with Gasteiger partial charge in [-0.2, -0.15) is 0 Å². The van der Waals surface area contributed by atoms with Crippen LogP contribution in [0.2, 0.25) is 0 Å². The summed E-state index contributed by atoms with van der Waals surface area (Å²) in [6, 6.07) is 3.71. The molecule has 10 heteroatoms. The largest absolute Gasteiger partial charge is 0.480 e. The highest BCUT2D eigenvalue weighted by Gasteiger charge is 2.69. The number of furan rings is 1. The van der Waals surface area contributed by atoms with E-state index in [4.69, 9.17) is 9.52 Å². The van der Waals surface area contributed by atoms with Crippen LogP contribution in [0.15, 0.2) is 32.6 Å². The highest BCUT2D eigenvalue weighted by Crippen LogP contribution is 2.68. The molecule has 0 aromatic carbocycles. The monoisotopic (exact) mass is 432 g/mol. The van der Waals surface area contributed by atoms with Gasteiger partial charge in [-0.05, 0) is 36.3 Å². The molecule has 29 heavy (non-hydrogen) atoms. The lowest BCUT2D eigenvalue weighted by Gasteiger charge is -2.42. The van der Waals surface area contributed by atoms with Crippen LogP contribution in [-0.4, -0.2) is 44.6 Å². The number of rotatable bonds is 3. The zero-order chi connectivity index (χ0) is 20.0. The molecule has 0 spiro atoms. The molecule has 2 aromatic heterocycles.